The Hall–Kier alpha value is -1.39. The molecule has 0 aliphatic carbocycles. The summed E-state index contributed by atoms with van der Waals surface area (Å²) in [5.74, 6) is -0.363. The van der Waals surface area contributed by atoms with Gasteiger partial charge in [0.2, 0.25) is 5.91 Å². The summed E-state index contributed by atoms with van der Waals surface area (Å²) in [5, 5.41) is 3.57. The van der Waals surface area contributed by atoms with Crippen LogP contribution in [0.1, 0.15) is 35.7 Å². The topological polar surface area (TPSA) is 58.4 Å². The molecule has 4 heteroatoms. The van der Waals surface area contributed by atoms with Crippen LogP contribution in [0.15, 0.2) is 24.3 Å². The summed E-state index contributed by atoms with van der Waals surface area (Å²) in [6.45, 7) is 6.51. The zero-order valence-corrected chi connectivity index (χ0v) is 11.6. The average Bonchev–Trinajstić information content (AvgIpc) is 2.46. The monoisotopic (exact) mass is 261 g/mol. The number of likely N-dealkylation sites (tertiary alicyclic amines) is 1. The average molecular weight is 261 g/mol. The van der Waals surface area contributed by atoms with Crippen LogP contribution in [-0.2, 0) is 6.54 Å². The summed E-state index contributed by atoms with van der Waals surface area (Å²) in [4.78, 5) is 13.6. The van der Waals surface area contributed by atoms with Gasteiger partial charge in [-0.15, -0.1) is 0 Å². The highest BCUT2D eigenvalue weighted by molar-refractivity contribution is 5.92. The van der Waals surface area contributed by atoms with Gasteiger partial charge in [-0.3, -0.25) is 4.79 Å². The molecule has 1 fully saturated rings. The maximum absolute atomic E-state index is 11.1. The molecular formula is C15H23N3O. The van der Waals surface area contributed by atoms with Gasteiger partial charge in [0.05, 0.1) is 0 Å². The van der Waals surface area contributed by atoms with Crippen LogP contribution < -0.4 is 11.1 Å². The Labute approximate surface area is 115 Å². The quantitative estimate of drug-likeness (QED) is 0.841. The fourth-order valence-corrected chi connectivity index (χ4v) is 2.55. The van der Waals surface area contributed by atoms with Crippen LogP contribution in [0.4, 0.5) is 0 Å². The fraction of sp³-hybridized carbons (Fsp3) is 0.533. The molecule has 104 valence electrons. The number of rotatable bonds is 5. The van der Waals surface area contributed by atoms with Crippen molar-refractivity contribution in [1.29, 1.82) is 0 Å². The highest BCUT2D eigenvalue weighted by atomic mass is 16.1. The summed E-state index contributed by atoms with van der Waals surface area (Å²) in [6.07, 6.45) is 2.40. The van der Waals surface area contributed by atoms with Crippen molar-refractivity contribution < 1.29 is 4.79 Å². The van der Waals surface area contributed by atoms with E-state index in [1.807, 2.05) is 18.2 Å². The van der Waals surface area contributed by atoms with Crippen LogP contribution in [0, 0.1) is 0 Å². The van der Waals surface area contributed by atoms with E-state index in [-0.39, 0.29) is 5.91 Å². The van der Waals surface area contributed by atoms with Gasteiger partial charge < -0.3 is 16.0 Å². The first-order chi connectivity index (χ1) is 9.19. The summed E-state index contributed by atoms with van der Waals surface area (Å²) in [7, 11) is 0. The second-order valence-corrected chi connectivity index (χ2v) is 5.15. The number of piperidine rings is 1. The van der Waals surface area contributed by atoms with E-state index in [2.05, 4.69) is 17.1 Å². The molecule has 0 atom stereocenters. The number of hydrogen-bond donors (Lipinski definition) is 2. The molecular weight excluding hydrogens is 238 g/mol. The Bertz CT molecular complexity index is 425. The molecule has 0 aromatic heterocycles. The zero-order valence-electron chi connectivity index (χ0n) is 11.6. The molecule has 0 spiro atoms. The number of carbonyl (C=O) groups is 1. The SMILES string of the molecule is CCN1CCC(NCc2cccc(C(N)=O)c2)CC1. The van der Waals surface area contributed by atoms with Crippen molar-refractivity contribution in [3.8, 4) is 0 Å². The molecule has 1 heterocycles. The standard InChI is InChI=1S/C15H23N3O/c1-2-18-8-6-14(7-9-18)17-11-12-4-3-5-13(10-12)15(16)19/h3-5,10,14,17H,2,6-9,11H2,1H3,(H2,16,19). The molecule has 0 radical (unpaired) electrons. The van der Waals surface area contributed by atoms with E-state index in [9.17, 15) is 4.79 Å². The number of benzene rings is 1. The largest absolute Gasteiger partial charge is 0.366 e. The molecule has 2 rings (SSSR count). The Kier molecular flexibility index (Phi) is 4.93. The summed E-state index contributed by atoms with van der Waals surface area (Å²) >= 11 is 0. The first kappa shape index (κ1) is 14.0. The van der Waals surface area contributed by atoms with E-state index in [0.29, 0.717) is 11.6 Å². The van der Waals surface area contributed by atoms with Gasteiger partial charge in [0.1, 0.15) is 0 Å². The molecule has 0 unspecified atom stereocenters. The molecule has 1 saturated heterocycles. The fourth-order valence-electron chi connectivity index (χ4n) is 2.55. The Morgan fingerprint density at radius 3 is 2.79 bits per heavy atom. The van der Waals surface area contributed by atoms with Gasteiger partial charge in [0, 0.05) is 18.2 Å². The van der Waals surface area contributed by atoms with Crippen LogP contribution in [0.3, 0.4) is 0 Å². The second kappa shape index (κ2) is 6.68. The number of amides is 1. The van der Waals surface area contributed by atoms with Crippen LogP contribution >= 0.6 is 0 Å². The first-order valence-electron chi connectivity index (χ1n) is 7.03. The van der Waals surface area contributed by atoms with Gasteiger partial charge in [-0.1, -0.05) is 19.1 Å². The molecule has 19 heavy (non-hydrogen) atoms. The van der Waals surface area contributed by atoms with Gasteiger partial charge in [-0.05, 0) is 50.2 Å². The molecule has 0 saturated carbocycles. The number of primary amides is 1. The third-order valence-electron chi connectivity index (χ3n) is 3.84. The lowest BCUT2D eigenvalue weighted by Gasteiger charge is -2.31. The van der Waals surface area contributed by atoms with Crippen molar-refractivity contribution in [1.82, 2.24) is 10.2 Å². The predicted molar refractivity (Wildman–Crippen MR) is 76.9 cm³/mol. The molecule has 1 aliphatic rings. The highest BCUT2D eigenvalue weighted by Crippen LogP contribution is 2.11. The van der Waals surface area contributed by atoms with Crippen molar-refractivity contribution in [2.45, 2.75) is 32.4 Å². The number of nitrogens with one attached hydrogen (secondary N) is 1. The maximum atomic E-state index is 11.1. The molecule has 1 aromatic rings. The molecule has 1 aromatic carbocycles. The number of nitrogens with zero attached hydrogens (tertiary/aromatic N) is 1. The van der Waals surface area contributed by atoms with Crippen LogP contribution in [-0.4, -0.2) is 36.5 Å². The van der Waals surface area contributed by atoms with E-state index in [0.717, 1.165) is 18.7 Å². The van der Waals surface area contributed by atoms with E-state index in [1.54, 1.807) is 6.07 Å². The van der Waals surface area contributed by atoms with Crippen molar-refractivity contribution in [2.24, 2.45) is 5.73 Å². The molecule has 4 nitrogen and oxygen atoms in total. The minimum Gasteiger partial charge on any atom is -0.366 e. The normalized spacial score (nSPS) is 17.5. The Balaban J connectivity index is 1.82. The number of hydrogen-bond acceptors (Lipinski definition) is 3. The summed E-state index contributed by atoms with van der Waals surface area (Å²) in [6, 6.07) is 8.12. The summed E-state index contributed by atoms with van der Waals surface area (Å²) in [5.41, 5.74) is 6.99. The van der Waals surface area contributed by atoms with E-state index in [4.69, 9.17) is 5.73 Å². The Morgan fingerprint density at radius 1 is 1.42 bits per heavy atom. The number of carbonyl (C=O) groups excluding carboxylic acids is 1. The smallest absolute Gasteiger partial charge is 0.248 e. The lowest BCUT2D eigenvalue weighted by Crippen LogP contribution is -2.42. The lowest BCUT2D eigenvalue weighted by atomic mass is 10.0. The third kappa shape index (κ3) is 4.04. The first-order valence-corrected chi connectivity index (χ1v) is 7.03. The molecule has 0 bridgehead atoms. The molecule has 1 aliphatic heterocycles. The molecule has 3 N–H and O–H groups in total. The minimum atomic E-state index is -0.363. The minimum absolute atomic E-state index is 0.363. The van der Waals surface area contributed by atoms with E-state index >= 15 is 0 Å². The van der Waals surface area contributed by atoms with Crippen LogP contribution in [0.25, 0.3) is 0 Å². The van der Waals surface area contributed by atoms with E-state index in [1.165, 1.54) is 25.9 Å². The second-order valence-electron chi connectivity index (χ2n) is 5.15. The van der Waals surface area contributed by atoms with Gasteiger partial charge in [0.15, 0.2) is 0 Å². The van der Waals surface area contributed by atoms with Crippen molar-refractivity contribution in [3.63, 3.8) is 0 Å². The summed E-state index contributed by atoms with van der Waals surface area (Å²) < 4.78 is 0. The van der Waals surface area contributed by atoms with Gasteiger partial charge in [-0.2, -0.15) is 0 Å². The van der Waals surface area contributed by atoms with Crippen molar-refractivity contribution in [3.05, 3.63) is 35.4 Å². The van der Waals surface area contributed by atoms with Crippen LogP contribution in [0.2, 0.25) is 0 Å². The maximum Gasteiger partial charge on any atom is 0.248 e. The Morgan fingerprint density at radius 2 is 2.16 bits per heavy atom. The van der Waals surface area contributed by atoms with Gasteiger partial charge >= 0.3 is 0 Å². The van der Waals surface area contributed by atoms with E-state index < -0.39 is 0 Å². The predicted octanol–water partition coefficient (Wildman–Crippen LogP) is 1.36. The van der Waals surface area contributed by atoms with Crippen LogP contribution in [0.5, 0.6) is 0 Å². The van der Waals surface area contributed by atoms with Gasteiger partial charge in [-0.25, -0.2) is 0 Å². The van der Waals surface area contributed by atoms with Gasteiger partial charge in [0.25, 0.3) is 0 Å². The third-order valence-corrected chi connectivity index (χ3v) is 3.84. The van der Waals surface area contributed by atoms with Crippen molar-refractivity contribution >= 4 is 5.91 Å². The highest BCUT2D eigenvalue weighted by Gasteiger charge is 2.17. The lowest BCUT2D eigenvalue weighted by molar-refractivity contribution is 0.1000. The number of nitrogens with two attached hydrogens (primary N) is 1. The molecule has 1 amide bonds. The zero-order chi connectivity index (χ0) is 13.7. The van der Waals surface area contributed by atoms with Crippen molar-refractivity contribution in [2.75, 3.05) is 19.6 Å².